The number of aryl methyl sites for hydroxylation is 1. The second-order valence-electron chi connectivity index (χ2n) is 7.07. The fourth-order valence-electron chi connectivity index (χ4n) is 3.80. The normalized spacial score (nSPS) is 19.6. The highest BCUT2D eigenvalue weighted by molar-refractivity contribution is 5.97. The molecule has 0 saturated carbocycles. The van der Waals surface area contributed by atoms with Crippen LogP contribution in [0.15, 0.2) is 42.5 Å². The van der Waals surface area contributed by atoms with Crippen LogP contribution in [0.5, 0.6) is 5.75 Å². The number of carbonyl (C=O) groups excluding carboxylic acids is 1. The number of primary amides is 1. The molecule has 27 heavy (non-hydrogen) atoms. The van der Waals surface area contributed by atoms with Gasteiger partial charge in [0.15, 0.2) is 0 Å². The van der Waals surface area contributed by atoms with Crippen LogP contribution in [-0.2, 0) is 12.8 Å². The van der Waals surface area contributed by atoms with E-state index in [1.54, 1.807) is 6.07 Å². The smallest absolute Gasteiger partial charge is 0.252 e. The van der Waals surface area contributed by atoms with E-state index in [1.165, 1.54) is 11.6 Å². The van der Waals surface area contributed by atoms with Crippen LogP contribution >= 0.6 is 12.4 Å². The van der Waals surface area contributed by atoms with E-state index < -0.39 is 12.0 Å². The molecule has 5 N–H and O–H groups in total. The third-order valence-corrected chi connectivity index (χ3v) is 5.19. The van der Waals surface area contributed by atoms with Crippen molar-refractivity contribution in [3.8, 4) is 5.75 Å². The van der Waals surface area contributed by atoms with Crippen molar-refractivity contribution in [1.29, 1.82) is 0 Å². The van der Waals surface area contributed by atoms with Gasteiger partial charge in [-0.15, -0.1) is 12.4 Å². The Hall–Kier alpha value is -2.08. The molecule has 1 amide bonds. The number of amides is 1. The van der Waals surface area contributed by atoms with Crippen molar-refractivity contribution >= 4 is 18.3 Å². The Morgan fingerprint density at radius 1 is 1.26 bits per heavy atom. The van der Waals surface area contributed by atoms with Crippen LogP contribution in [0, 0.1) is 0 Å². The minimum atomic E-state index is -0.725. The Morgan fingerprint density at radius 2 is 1.96 bits per heavy atom. The molecule has 146 valence electrons. The summed E-state index contributed by atoms with van der Waals surface area (Å²) < 4.78 is 0. The monoisotopic (exact) mass is 390 g/mol. The molecule has 2 aromatic carbocycles. The SMILES string of the molecule is CC(CCc1ccccc1)N[C@@H]1CCc2c(ccc(O)c2C(N)=O)[C@H]1O.Cl. The molecule has 1 aliphatic rings. The number of carbonyl (C=O) groups is 1. The number of fused-ring (bicyclic) bond motifs is 1. The van der Waals surface area contributed by atoms with Gasteiger partial charge in [-0.25, -0.2) is 0 Å². The molecule has 5 nitrogen and oxygen atoms in total. The minimum absolute atomic E-state index is 0. The lowest BCUT2D eigenvalue weighted by Gasteiger charge is -2.34. The molecule has 1 aliphatic carbocycles. The predicted molar refractivity (Wildman–Crippen MR) is 108 cm³/mol. The van der Waals surface area contributed by atoms with Gasteiger partial charge in [-0.1, -0.05) is 36.4 Å². The number of benzene rings is 2. The third kappa shape index (κ3) is 4.80. The number of phenols is 1. The summed E-state index contributed by atoms with van der Waals surface area (Å²) in [5, 5.41) is 24.2. The number of aromatic hydroxyl groups is 1. The molecule has 0 fully saturated rings. The van der Waals surface area contributed by atoms with E-state index in [0.29, 0.717) is 24.0 Å². The van der Waals surface area contributed by atoms with Crippen molar-refractivity contribution in [2.45, 2.75) is 50.8 Å². The number of nitrogens with one attached hydrogen (secondary N) is 1. The van der Waals surface area contributed by atoms with E-state index in [9.17, 15) is 15.0 Å². The number of hydrogen-bond donors (Lipinski definition) is 4. The lowest BCUT2D eigenvalue weighted by atomic mass is 9.82. The molecular formula is C21H27ClN2O3. The first-order valence-corrected chi connectivity index (χ1v) is 9.10. The van der Waals surface area contributed by atoms with Crippen LogP contribution in [-0.4, -0.2) is 28.2 Å². The number of hydrogen-bond acceptors (Lipinski definition) is 4. The average molecular weight is 391 g/mol. The second kappa shape index (κ2) is 9.22. The van der Waals surface area contributed by atoms with Crippen LogP contribution in [0.25, 0.3) is 0 Å². The number of aliphatic hydroxyl groups is 1. The lowest BCUT2D eigenvalue weighted by Crippen LogP contribution is -2.43. The zero-order chi connectivity index (χ0) is 18.7. The maximum absolute atomic E-state index is 11.6. The standard InChI is InChI=1S/C21H26N2O3.ClH/c1-13(7-8-14-5-3-2-4-6-14)23-17-11-9-15-16(20(17)25)10-12-18(24)19(15)21(22)26;/h2-6,10,12-13,17,20,23-25H,7-9,11H2,1H3,(H2,22,26);1H/t13?,17-,20-;/m1./s1. The molecule has 0 saturated heterocycles. The third-order valence-electron chi connectivity index (χ3n) is 5.19. The minimum Gasteiger partial charge on any atom is -0.507 e. The van der Waals surface area contributed by atoms with Crippen molar-refractivity contribution in [3.05, 3.63) is 64.7 Å². The Kier molecular flexibility index (Phi) is 7.25. The van der Waals surface area contributed by atoms with Gasteiger partial charge in [0, 0.05) is 12.1 Å². The van der Waals surface area contributed by atoms with Gasteiger partial charge in [0.1, 0.15) is 5.75 Å². The van der Waals surface area contributed by atoms with Gasteiger partial charge in [0.05, 0.1) is 11.7 Å². The highest BCUT2D eigenvalue weighted by Gasteiger charge is 2.32. The first-order chi connectivity index (χ1) is 12.5. The topological polar surface area (TPSA) is 95.6 Å². The Morgan fingerprint density at radius 3 is 2.63 bits per heavy atom. The summed E-state index contributed by atoms with van der Waals surface area (Å²) in [5.74, 6) is -0.778. The van der Waals surface area contributed by atoms with Crippen molar-refractivity contribution in [1.82, 2.24) is 5.32 Å². The van der Waals surface area contributed by atoms with Crippen LogP contribution in [0.3, 0.4) is 0 Å². The van der Waals surface area contributed by atoms with E-state index in [-0.39, 0.29) is 35.8 Å². The van der Waals surface area contributed by atoms with Crippen molar-refractivity contribution in [3.63, 3.8) is 0 Å². The van der Waals surface area contributed by atoms with Gasteiger partial charge in [0.25, 0.3) is 5.91 Å². The van der Waals surface area contributed by atoms with Gasteiger partial charge in [-0.2, -0.15) is 0 Å². The molecule has 0 aromatic heterocycles. The van der Waals surface area contributed by atoms with E-state index in [0.717, 1.165) is 12.8 Å². The van der Waals surface area contributed by atoms with Gasteiger partial charge < -0.3 is 21.3 Å². The first-order valence-electron chi connectivity index (χ1n) is 9.10. The summed E-state index contributed by atoms with van der Waals surface area (Å²) in [6.07, 6.45) is 2.52. The quantitative estimate of drug-likeness (QED) is 0.609. The molecule has 0 aliphatic heterocycles. The van der Waals surface area contributed by atoms with Crippen molar-refractivity contribution in [2.75, 3.05) is 0 Å². The number of rotatable bonds is 6. The zero-order valence-corrected chi connectivity index (χ0v) is 16.2. The van der Waals surface area contributed by atoms with Crippen LogP contribution < -0.4 is 11.1 Å². The van der Waals surface area contributed by atoms with E-state index in [2.05, 4.69) is 24.4 Å². The van der Waals surface area contributed by atoms with Crippen LogP contribution in [0.1, 0.15) is 52.9 Å². The molecular weight excluding hydrogens is 364 g/mol. The Balaban J connectivity index is 0.00000261. The number of halogens is 1. The second-order valence-corrected chi connectivity index (χ2v) is 7.07. The Labute approximate surface area is 166 Å². The molecule has 0 bridgehead atoms. The lowest BCUT2D eigenvalue weighted by molar-refractivity contribution is 0.0985. The van der Waals surface area contributed by atoms with Gasteiger partial charge in [-0.05, 0) is 55.4 Å². The van der Waals surface area contributed by atoms with Gasteiger partial charge in [-0.3, -0.25) is 4.79 Å². The molecule has 0 radical (unpaired) electrons. The van der Waals surface area contributed by atoms with E-state index in [4.69, 9.17) is 5.73 Å². The predicted octanol–water partition coefficient (Wildman–Crippen LogP) is 2.87. The summed E-state index contributed by atoms with van der Waals surface area (Å²) in [5.41, 5.74) is 8.18. The molecule has 3 atom stereocenters. The van der Waals surface area contributed by atoms with E-state index in [1.807, 2.05) is 18.2 Å². The van der Waals surface area contributed by atoms with Crippen LogP contribution in [0.4, 0.5) is 0 Å². The maximum atomic E-state index is 11.6. The van der Waals surface area contributed by atoms with Crippen molar-refractivity contribution < 1.29 is 15.0 Å². The van der Waals surface area contributed by atoms with Gasteiger partial charge >= 0.3 is 0 Å². The zero-order valence-electron chi connectivity index (χ0n) is 15.4. The summed E-state index contributed by atoms with van der Waals surface area (Å²) in [7, 11) is 0. The average Bonchev–Trinajstić information content (AvgIpc) is 2.62. The number of aliphatic hydroxyl groups excluding tert-OH is 1. The van der Waals surface area contributed by atoms with E-state index >= 15 is 0 Å². The summed E-state index contributed by atoms with van der Waals surface area (Å²) in [6.45, 7) is 2.12. The summed E-state index contributed by atoms with van der Waals surface area (Å²) >= 11 is 0. The molecule has 0 spiro atoms. The largest absolute Gasteiger partial charge is 0.507 e. The highest BCUT2D eigenvalue weighted by Crippen LogP contribution is 2.35. The molecule has 1 unspecified atom stereocenters. The van der Waals surface area contributed by atoms with Gasteiger partial charge in [0.2, 0.25) is 0 Å². The Bertz CT molecular complexity index is 782. The maximum Gasteiger partial charge on any atom is 0.252 e. The number of nitrogens with two attached hydrogens (primary N) is 1. The fourth-order valence-corrected chi connectivity index (χ4v) is 3.80. The highest BCUT2D eigenvalue weighted by atomic mass is 35.5. The summed E-state index contributed by atoms with van der Waals surface area (Å²) in [4.78, 5) is 11.6. The first kappa shape index (κ1) is 21.2. The molecule has 2 aromatic rings. The van der Waals surface area contributed by atoms with Crippen LogP contribution in [0.2, 0.25) is 0 Å². The van der Waals surface area contributed by atoms with Crippen molar-refractivity contribution in [2.24, 2.45) is 5.73 Å². The summed E-state index contributed by atoms with van der Waals surface area (Å²) in [6, 6.07) is 13.6. The fraction of sp³-hybridized carbons (Fsp3) is 0.381. The molecule has 3 rings (SSSR count). The molecule has 0 heterocycles. The molecule has 6 heteroatoms.